The largest absolute Gasteiger partial charge is 0.480 e. The number of carboxylic acid groups (broad SMARTS) is 1. The number of nitrogens with one attached hydrogen (secondary N) is 1. The molecule has 2 heterocycles. The maximum atomic E-state index is 10.7. The summed E-state index contributed by atoms with van der Waals surface area (Å²) >= 11 is 3.56. The van der Waals surface area contributed by atoms with Crippen molar-refractivity contribution >= 4 is 50.1 Å². The van der Waals surface area contributed by atoms with E-state index in [9.17, 15) is 4.79 Å². The Morgan fingerprint density at radius 2 is 2.53 bits per heavy atom. The van der Waals surface area contributed by atoms with E-state index in [2.05, 4.69) is 37.7 Å². The van der Waals surface area contributed by atoms with Crippen LogP contribution in [0.2, 0.25) is 0 Å². The first-order valence-electron chi connectivity index (χ1n) is 4.51. The maximum Gasteiger partial charge on any atom is 0.325 e. The van der Waals surface area contributed by atoms with Crippen LogP contribution in [0.25, 0.3) is 10.2 Å². The monoisotopic (exact) mass is 364 g/mol. The second-order valence-corrected chi connectivity index (χ2v) is 5.33. The lowest BCUT2D eigenvalue weighted by atomic mass is 10.4. The molecule has 0 atom stereocenters. The van der Waals surface area contributed by atoms with Gasteiger partial charge in [-0.2, -0.15) is 5.10 Å². The van der Waals surface area contributed by atoms with Crippen LogP contribution in [0.3, 0.4) is 0 Å². The van der Waals surface area contributed by atoms with Gasteiger partial charge in [-0.1, -0.05) is 0 Å². The summed E-state index contributed by atoms with van der Waals surface area (Å²) in [4.78, 5) is 14.6. The third-order valence-corrected chi connectivity index (χ3v) is 4.26. The van der Waals surface area contributed by atoms with Gasteiger partial charge in [0.05, 0.1) is 10.2 Å². The molecule has 88 valence electrons. The molecule has 17 heavy (non-hydrogen) atoms. The first-order valence-corrected chi connectivity index (χ1v) is 6.41. The molecule has 2 N–H and O–H groups in total. The van der Waals surface area contributed by atoms with Gasteiger partial charge >= 0.3 is 5.97 Å². The van der Waals surface area contributed by atoms with Gasteiger partial charge in [0.25, 0.3) is 0 Å². The van der Waals surface area contributed by atoms with Gasteiger partial charge in [0.2, 0.25) is 4.91 Å². The van der Waals surface area contributed by atoms with Crippen LogP contribution in [0, 0.1) is 9.23 Å². The molecule has 0 saturated carbocycles. The lowest BCUT2D eigenvalue weighted by Gasteiger charge is -1.95. The first-order chi connectivity index (χ1) is 8.11. The van der Waals surface area contributed by atoms with E-state index in [4.69, 9.17) is 10.6 Å². The molecule has 0 aliphatic rings. The van der Waals surface area contributed by atoms with Crippen LogP contribution in [0.5, 0.6) is 0 Å². The summed E-state index contributed by atoms with van der Waals surface area (Å²) in [7, 11) is 0. The Morgan fingerprint density at radius 1 is 1.76 bits per heavy atom. The summed E-state index contributed by atoms with van der Waals surface area (Å²) in [5, 5.41) is 16.5. The fourth-order valence-corrected chi connectivity index (χ4v) is 3.22. The molecule has 2 aromatic heterocycles. The van der Waals surface area contributed by atoms with Crippen LogP contribution in [-0.4, -0.2) is 20.9 Å². The number of aliphatic carboxylic acids is 1. The van der Waals surface area contributed by atoms with E-state index in [0.29, 0.717) is 6.54 Å². The standard InChI is InChI=1S/C8H6IN5O2S/c9-8-7-5(14(12-8)3-6(15)16)1-4(17-7)2-11-13-10/h1,10H,2-3H2/p+1. The van der Waals surface area contributed by atoms with E-state index in [1.807, 2.05) is 6.07 Å². The van der Waals surface area contributed by atoms with E-state index < -0.39 is 5.97 Å². The summed E-state index contributed by atoms with van der Waals surface area (Å²) in [6, 6.07) is 1.84. The van der Waals surface area contributed by atoms with Crippen molar-refractivity contribution in [1.29, 1.82) is 5.53 Å². The quantitative estimate of drug-likeness (QED) is 0.491. The van der Waals surface area contributed by atoms with Gasteiger partial charge in [-0.25, -0.2) is 0 Å². The molecule has 0 unspecified atom stereocenters. The number of fused-ring (bicyclic) bond motifs is 1. The molecule has 0 aliphatic carbocycles. The number of thiophene rings is 1. The van der Waals surface area contributed by atoms with E-state index in [1.165, 1.54) is 16.0 Å². The van der Waals surface area contributed by atoms with E-state index in [1.54, 1.807) is 0 Å². The van der Waals surface area contributed by atoms with Crippen LogP contribution < -0.4 is 4.91 Å². The molecule has 0 aromatic carbocycles. The lowest BCUT2D eigenvalue weighted by Crippen LogP contribution is -2.09. The highest BCUT2D eigenvalue weighted by atomic mass is 127. The number of halogens is 1. The summed E-state index contributed by atoms with van der Waals surface area (Å²) in [5.74, 6) is -0.926. The maximum absolute atomic E-state index is 10.7. The number of carboxylic acids is 1. The van der Waals surface area contributed by atoms with Gasteiger partial charge < -0.3 is 5.11 Å². The zero-order valence-corrected chi connectivity index (χ0v) is 11.4. The summed E-state index contributed by atoms with van der Waals surface area (Å²) in [5.41, 5.74) is 7.38. The molecule has 0 fully saturated rings. The zero-order valence-electron chi connectivity index (χ0n) is 8.42. The molecule has 0 saturated heterocycles. The average molecular weight is 364 g/mol. The number of nitrogens with zero attached hydrogens (tertiary/aromatic N) is 4. The SMILES string of the molecule is N=[N+]=NCc1cc2c(s1)c(I)nn2CC(=O)O. The van der Waals surface area contributed by atoms with Crippen LogP contribution in [0.1, 0.15) is 4.88 Å². The summed E-state index contributed by atoms with van der Waals surface area (Å²) in [6.45, 7) is 0.182. The molecular weight excluding hydrogens is 357 g/mol. The highest BCUT2D eigenvalue weighted by Gasteiger charge is 2.15. The number of hydrogen-bond donors (Lipinski definition) is 2. The molecule has 0 spiro atoms. The van der Waals surface area contributed by atoms with Crippen molar-refractivity contribution in [3.8, 4) is 0 Å². The number of aromatic nitrogens is 2. The van der Waals surface area contributed by atoms with Crippen molar-refractivity contribution in [2.45, 2.75) is 13.1 Å². The topological polar surface area (TPSA) is 105 Å². The summed E-state index contributed by atoms with van der Waals surface area (Å²) < 4.78 is 3.18. The summed E-state index contributed by atoms with van der Waals surface area (Å²) in [6.07, 6.45) is 0. The molecule has 2 aromatic rings. The van der Waals surface area contributed by atoms with Crippen LogP contribution in [-0.2, 0) is 17.9 Å². The highest BCUT2D eigenvalue weighted by molar-refractivity contribution is 14.1. The van der Waals surface area contributed by atoms with Gasteiger partial charge in [0, 0.05) is 4.88 Å². The van der Waals surface area contributed by atoms with Crippen molar-refractivity contribution in [3.63, 3.8) is 0 Å². The Bertz CT molecular complexity index is 627. The predicted molar refractivity (Wildman–Crippen MR) is 68.9 cm³/mol. The van der Waals surface area contributed by atoms with Crippen molar-refractivity contribution < 1.29 is 9.90 Å². The van der Waals surface area contributed by atoms with E-state index >= 15 is 0 Å². The van der Waals surface area contributed by atoms with Gasteiger partial charge in [-0.3, -0.25) is 9.48 Å². The Labute approximate surface area is 113 Å². The van der Waals surface area contributed by atoms with Gasteiger partial charge in [-0.05, 0) is 28.7 Å². The van der Waals surface area contributed by atoms with E-state index in [0.717, 1.165) is 18.8 Å². The molecular formula is C8H7IN5O2S+. The molecule has 2 rings (SSSR count). The van der Waals surface area contributed by atoms with Crippen molar-refractivity contribution in [3.05, 3.63) is 14.6 Å². The first kappa shape index (κ1) is 12.1. The second kappa shape index (κ2) is 4.90. The van der Waals surface area contributed by atoms with Gasteiger partial charge in [-0.15, -0.1) is 11.3 Å². The molecule has 7 nitrogen and oxygen atoms in total. The Morgan fingerprint density at radius 3 is 3.18 bits per heavy atom. The highest BCUT2D eigenvalue weighted by Crippen LogP contribution is 2.30. The smallest absolute Gasteiger partial charge is 0.325 e. The van der Waals surface area contributed by atoms with Gasteiger partial charge in [0.15, 0.2) is 6.54 Å². The minimum absolute atomic E-state index is 0.157. The lowest BCUT2D eigenvalue weighted by molar-refractivity contribution is -0.137. The Kier molecular flexibility index (Phi) is 3.50. The van der Waals surface area contributed by atoms with Crippen LogP contribution in [0.4, 0.5) is 0 Å². The third kappa shape index (κ3) is 2.51. The number of rotatable bonds is 4. The van der Waals surface area contributed by atoms with Gasteiger partial charge in [0.1, 0.15) is 20.9 Å². The fourth-order valence-electron chi connectivity index (χ4n) is 1.41. The van der Waals surface area contributed by atoms with Crippen LogP contribution >= 0.6 is 33.9 Å². The zero-order chi connectivity index (χ0) is 12.4. The molecule has 9 heteroatoms. The van der Waals surface area contributed by atoms with Crippen molar-refractivity contribution in [2.75, 3.05) is 0 Å². The molecule has 0 amide bonds. The molecule has 0 radical (unpaired) electrons. The average Bonchev–Trinajstić information content (AvgIpc) is 2.78. The Balaban J connectivity index is 2.45. The third-order valence-electron chi connectivity index (χ3n) is 2.02. The number of hydrogen-bond acceptors (Lipinski definition) is 5. The van der Waals surface area contributed by atoms with E-state index in [-0.39, 0.29) is 6.54 Å². The Hall–Kier alpha value is -1.32. The number of carbonyl (C=O) groups is 1. The van der Waals surface area contributed by atoms with Crippen molar-refractivity contribution in [1.82, 2.24) is 14.7 Å². The predicted octanol–water partition coefficient (Wildman–Crippen LogP) is 1.84. The fraction of sp³-hybridized carbons (Fsp3) is 0.250. The second-order valence-electron chi connectivity index (χ2n) is 3.17. The van der Waals surface area contributed by atoms with Crippen molar-refractivity contribution in [2.24, 2.45) is 5.11 Å². The normalized spacial score (nSPS) is 10.4. The minimum Gasteiger partial charge on any atom is -0.480 e. The molecule has 0 aliphatic heterocycles. The minimum atomic E-state index is -0.926. The van der Waals surface area contributed by atoms with Crippen LogP contribution in [0.15, 0.2) is 11.2 Å². The molecule has 0 bridgehead atoms.